The molecule has 0 atom stereocenters. The van der Waals surface area contributed by atoms with Crippen molar-refractivity contribution in [2.24, 2.45) is 0 Å². The van der Waals surface area contributed by atoms with Crippen molar-refractivity contribution in [3.05, 3.63) is 53.9 Å². The maximum absolute atomic E-state index is 12.7. The van der Waals surface area contributed by atoms with Gasteiger partial charge in [0, 0.05) is 11.8 Å². The molecule has 0 saturated carbocycles. The van der Waals surface area contributed by atoms with Crippen LogP contribution in [0.2, 0.25) is 0 Å². The highest BCUT2D eigenvalue weighted by atomic mass is 16.7. The van der Waals surface area contributed by atoms with Crippen molar-refractivity contribution in [3.8, 4) is 34.7 Å². The summed E-state index contributed by atoms with van der Waals surface area (Å²) < 4.78 is 16.4. The van der Waals surface area contributed by atoms with Gasteiger partial charge in [-0.15, -0.1) is 0 Å². The number of nitriles is 1. The first kappa shape index (κ1) is 17.1. The Balaban J connectivity index is 1.23. The number of aromatic amines is 1. The van der Waals surface area contributed by atoms with E-state index < -0.39 is 0 Å². The number of hydrogen-bond donors (Lipinski definition) is 1. The Bertz CT molecular complexity index is 1130. The Hall–Kier alpha value is -4.06. The smallest absolute Gasteiger partial charge is 0.272 e. The minimum Gasteiger partial charge on any atom is -0.470 e. The predicted molar refractivity (Wildman–Crippen MR) is 99.4 cm³/mol. The van der Waals surface area contributed by atoms with E-state index in [0.29, 0.717) is 47.4 Å². The van der Waals surface area contributed by atoms with Crippen molar-refractivity contribution in [1.29, 1.82) is 5.26 Å². The number of rotatable bonds is 4. The number of carbonyl (C=O) groups is 1. The van der Waals surface area contributed by atoms with Gasteiger partial charge < -0.3 is 19.1 Å². The lowest BCUT2D eigenvalue weighted by Gasteiger charge is -2.38. The van der Waals surface area contributed by atoms with E-state index in [2.05, 4.69) is 15.2 Å². The third kappa shape index (κ3) is 3.10. The van der Waals surface area contributed by atoms with Gasteiger partial charge in [0.25, 0.3) is 5.91 Å². The molecule has 0 spiro atoms. The van der Waals surface area contributed by atoms with Gasteiger partial charge in [0.15, 0.2) is 11.5 Å². The summed E-state index contributed by atoms with van der Waals surface area (Å²) in [5.41, 5.74) is 2.24. The van der Waals surface area contributed by atoms with Crippen LogP contribution in [0, 0.1) is 11.3 Å². The van der Waals surface area contributed by atoms with E-state index in [-0.39, 0.29) is 18.8 Å². The van der Waals surface area contributed by atoms with Crippen molar-refractivity contribution in [2.75, 3.05) is 19.9 Å². The summed E-state index contributed by atoms with van der Waals surface area (Å²) in [7, 11) is 0. The summed E-state index contributed by atoms with van der Waals surface area (Å²) in [4.78, 5) is 18.4. The summed E-state index contributed by atoms with van der Waals surface area (Å²) in [6, 6.07) is 12.6. The van der Waals surface area contributed by atoms with E-state index in [9.17, 15) is 4.79 Å². The van der Waals surface area contributed by atoms with Crippen LogP contribution in [0.1, 0.15) is 16.1 Å². The summed E-state index contributed by atoms with van der Waals surface area (Å²) >= 11 is 0. The van der Waals surface area contributed by atoms with E-state index in [0.717, 1.165) is 5.56 Å². The van der Waals surface area contributed by atoms with E-state index >= 15 is 0 Å². The fraction of sp³-hybridized carbons (Fsp3) is 0.200. The summed E-state index contributed by atoms with van der Waals surface area (Å²) in [6.07, 6.45) is 1.37. The quantitative estimate of drug-likeness (QED) is 0.726. The molecule has 2 aliphatic heterocycles. The highest BCUT2D eigenvalue weighted by Crippen LogP contribution is 2.35. The third-order valence-electron chi connectivity index (χ3n) is 4.78. The van der Waals surface area contributed by atoms with Crippen molar-refractivity contribution in [2.45, 2.75) is 6.10 Å². The number of H-pyrrole nitrogens is 1. The summed E-state index contributed by atoms with van der Waals surface area (Å²) in [5.74, 6) is 1.48. The summed E-state index contributed by atoms with van der Waals surface area (Å²) in [5, 5.41) is 16.1. The van der Waals surface area contributed by atoms with Crippen LogP contribution in [0.25, 0.3) is 11.3 Å². The molecule has 9 heteroatoms. The Morgan fingerprint density at radius 1 is 1.24 bits per heavy atom. The van der Waals surface area contributed by atoms with Gasteiger partial charge in [-0.25, -0.2) is 4.98 Å². The third-order valence-corrected chi connectivity index (χ3v) is 4.78. The normalized spacial score (nSPS) is 14.9. The van der Waals surface area contributed by atoms with Crippen LogP contribution in [-0.2, 0) is 0 Å². The van der Waals surface area contributed by atoms with Crippen molar-refractivity contribution >= 4 is 5.91 Å². The van der Waals surface area contributed by atoms with E-state index in [4.69, 9.17) is 19.5 Å². The second-order valence-corrected chi connectivity index (χ2v) is 6.65. The molecular weight excluding hydrogens is 374 g/mol. The first-order valence-electron chi connectivity index (χ1n) is 8.98. The van der Waals surface area contributed by atoms with Crippen LogP contribution < -0.4 is 14.2 Å². The number of hydrogen-bond acceptors (Lipinski definition) is 7. The molecule has 1 N–H and O–H groups in total. The van der Waals surface area contributed by atoms with Gasteiger partial charge in [-0.1, -0.05) is 0 Å². The number of nitrogens with one attached hydrogen (secondary N) is 1. The number of aromatic nitrogens is 3. The number of fused-ring (bicyclic) bond motifs is 1. The van der Waals surface area contributed by atoms with Crippen molar-refractivity contribution < 1.29 is 19.0 Å². The van der Waals surface area contributed by atoms with Gasteiger partial charge in [-0.2, -0.15) is 10.4 Å². The fourth-order valence-electron chi connectivity index (χ4n) is 3.21. The molecule has 5 rings (SSSR count). The zero-order chi connectivity index (χ0) is 19.8. The van der Waals surface area contributed by atoms with Gasteiger partial charge in [0.05, 0.1) is 18.8 Å². The van der Waals surface area contributed by atoms with E-state index in [1.807, 2.05) is 24.3 Å². The Kier molecular flexibility index (Phi) is 4.02. The second kappa shape index (κ2) is 6.83. The zero-order valence-corrected chi connectivity index (χ0v) is 15.2. The molecule has 0 radical (unpaired) electrons. The van der Waals surface area contributed by atoms with Crippen LogP contribution in [0.4, 0.5) is 0 Å². The number of likely N-dealkylation sites (tertiary alicyclic amines) is 1. The van der Waals surface area contributed by atoms with Crippen LogP contribution in [-0.4, -0.2) is 52.0 Å². The number of pyridine rings is 1. The Labute approximate surface area is 165 Å². The maximum Gasteiger partial charge on any atom is 0.272 e. The molecule has 2 aromatic heterocycles. The lowest BCUT2D eigenvalue weighted by Crippen LogP contribution is -2.56. The molecule has 2 aliphatic rings. The van der Waals surface area contributed by atoms with Crippen LogP contribution in [0.3, 0.4) is 0 Å². The standard InChI is InChI=1S/C20H15N5O4/c21-8-13-2-1-5-22-19(13)29-14-9-25(10-14)20(26)16-7-15(23-24-16)12-3-4-17-18(6-12)28-11-27-17/h1-7,14H,9-11H2,(H,23,24). The lowest BCUT2D eigenvalue weighted by molar-refractivity contribution is 0.0154. The molecule has 0 unspecified atom stereocenters. The molecule has 1 fully saturated rings. The van der Waals surface area contributed by atoms with Crippen molar-refractivity contribution in [1.82, 2.24) is 20.1 Å². The number of nitrogens with zero attached hydrogens (tertiary/aromatic N) is 4. The van der Waals surface area contributed by atoms with Crippen LogP contribution in [0.5, 0.6) is 17.4 Å². The molecule has 1 saturated heterocycles. The van der Waals surface area contributed by atoms with Gasteiger partial charge in [-0.3, -0.25) is 9.89 Å². The second-order valence-electron chi connectivity index (χ2n) is 6.65. The average Bonchev–Trinajstić information content (AvgIpc) is 3.39. The number of carbonyl (C=O) groups excluding carboxylic acids is 1. The average molecular weight is 389 g/mol. The molecule has 0 bridgehead atoms. The topological polar surface area (TPSA) is 113 Å². The number of amides is 1. The van der Waals surface area contributed by atoms with E-state index in [1.165, 1.54) is 0 Å². The molecular formula is C20H15N5O4. The first-order chi connectivity index (χ1) is 14.2. The molecule has 29 heavy (non-hydrogen) atoms. The minimum atomic E-state index is -0.197. The predicted octanol–water partition coefficient (Wildman–Crippen LogP) is 1.98. The Morgan fingerprint density at radius 2 is 2.10 bits per heavy atom. The number of benzene rings is 1. The fourth-order valence-corrected chi connectivity index (χ4v) is 3.21. The zero-order valence-electron chi connectivity index (χ0n) is 15.2. The van der Waals surface area contributed by atoms with Gasteiger partial charge >= 0.3 is 0 Å². The van der Waals surface area contributed by atoms with E-state index in [1.54, 1.807) is 29.3 Å². The van der Waals surface area contributed by atoms with Crippen LogP contribution in [0.15, 0.2) is 42.6 Å². The molecule has 9 nitrogen and oxygen atoms in total. The largest absolute Gasteiger partial charge is 0.470 e. The number of ether oxygens (including phenoxy) is 3. The molecule has 4 heterocycles. The van der Waals surface area contributed by atoms with Gasteiger partial charge in [-0.05, 0) is 36.4 Å². The molecule has 1 aromatic carbocycles. The molecule has 1 amide bonds. The maximum atomic E-state index is 12.7. The summed E-state index contributed by atoms with van der Waals surface area (Å²) in [6.45, 7) is 1.03. The molecule has 144 valence electrons. The SMILES string of the molecule is N#Cc1cccnc1OC1CN(C(=O)c2cc(-c3ccc4c(c3)OCO4)n[nH]2)C1. The first-order valence-corrected chi connectivity index (χ1v) is 8.98. The minimum absolute atomic E-state index is 0.161. The van der Waals surface area contributed by atoms with Gasteiger partial charge in [0.2, 0.25) is 12.7 Å². The monoisotopic (exact) mass is 389 g/mol. The lowest BCUT2D eigenvalue weighted by atomic mass is 10.1. The van der Waals surface area contributed by atoms with Gasteiger partial charge in [0.1, 0.15) is 23.4 Å². The molecule has 0 aliphatic carbocycles. The highest BCUT2D eigenvalue weighted by Gasteiger charge is 2.34. The highest BCUT2D eigenvalue weighted by molar-refractivity contribution is 5.94. The Morgan fingerprint density at radius 3 is 2.97 bits per heavy atom. The van der Waals surface area contributed by atoms with Crippen LogP contribution >= 0.6 is 0 Å². The van der Waals surface area contributed by atoms with Crippen molar-refractivity contribution in [3.63, 3.8) is 0 Å². The molecule has 3 aromatic rings.